The fourth-order valence-electron chi connectivity index (χ4n) is 5.37. The Kier molecular flexibility index (Phi) is 6.50. The number of nitrogens with two attached hydrogens (primary N) is 1. The lowest BCUT2D eigenvalue weighted by atomic mass is 9.65. The summed E-state index contributed by atoms with van der Waals surface area (Å²) in [5, 5.41) is 16.5. The molecule has 0 radical (unpaired) electrons. The third-order valence-corrected chi connectivity index (χ3v) is 6.97. The van der Waals surface area contributed by atoms with E-state index in [1.165, 1.54) is 14.2 Å². The summed E-state index contributed by atoms with van der Waals surface area (Å²) < 4.78 is 27.6. The molecule has 3 aliphatic rings. The first-order valence-electron chi connectivity index (χ1n) is 11.7. The number of esters is 1. The minimum absolute atomic E-state index is 0.0820. The van der Waals surface area contributed by atoms with E-state index in [0.29, 0.717) is 30.2 Å². The number of nitrogens with one attached hydrogen (secondary N) is 2. The van der Waals surface area contributed by atoms with Crippen molar-refractivity contribution in [3.63, 3.8) is 0 Å². The Balaban J connectivity index is 1.64. The van der Waals surface area contributed by atoms with Crippen molar-refractivity contribution in [1.29, 1.82) is 0 Å². The van der Waals surface area contributed by atoms with Gasteiger partial charge in [0.1, 0.15) is 0 Å². The van der Waals surface area contributed by atoms with Crippen LogP contribution < -0.4 is 35.3 Å². The molecule has 4 unspecified atom stereocenters. The van der Waals surface area contributed by atoms with Gasteiger partial charge in [0.25, 0.3) is 0 Å². The third kappa shape index (κ3) is 4.03. The number of ether oxygens (including phenoxy) is 5. The van der Waals surface area contributed by atoms with Crippen molar-refractivity contribution in [2.75, 3.05) is 47.3 Å². The van der Waals surface area contributed by atoms with Crippen LogP contribution in [-0.2, 0) is 14.3 Å². The van der Waals surface area contributed by atoms with Crippen molar-refractivity contribution in [2.24, 2.45) is 17.6 Å². The minimum Gasteiger partial charge on any atom is -0.502 e. The molecule has 4 atom stereocenters. The van der Waals surface area contributed by atoms with Gasteiger partial charge in [0.15, 0.2) is 23.0 Å². The van der Waals surface area contributed by atoms with Crippen LogP contribution in [0.25, 0.3) is 0 Å². The number of methoxy groups -OCH3 is 2. The Bertz CT molecular complexity index is 1160. The Morgan fingerprint density at radius 3 is 2.39 bits per heavy atom. The normalized spacial score (nSPS) is 23.5. The average Bonchev–Trinajstić information content (AvgIpc) is 3.49. The van der Waals surface area contributed by atoms with Gasteiger partial charge in [0, 0.05) is 24.9 Å². The summed E-state index contributed by atoms with van der Waals surface area (Å²) in [5.41, 5.74) is 7.81. The molecule has 1 amide bonds. The number of carbonyl (C=O) groups is 2. The van der Waals surface area contributed by atoms with Crippen molar-refractivity contribution in [3.8, 4) is 28.7 Å². The molecule has 192 valence electrons. The van der Waals surface area contributed by atoms with Gasteiger partial charge in [0.05, 0.1) is 39.3 Å². The highest BCUT2D eigenvalue weighted by molar-refractivity contribution is 5.81. The maximum Gasteiger partial charge on any atom is 0.310 e. The molecule has 2 aliphatic heterocycles. The van der Waals surface area contributed by atoms with Gasteiger partial charge >= 0.3 is 5.97 Å². The first kappa shape index (κ1) is 24.0. The lowest BCUT2D eigenvalue weighted by Gasteiger charge is -2.39. The van der Waals surface area contributed by atoms with E-state index in [-0.39, 0.29) is 55.0 Å². The SMILES string of the molecule is COc1cc(C2c3cc4c(cc3C(NC(=O)CNCCN)C3COC(=O)C23)OCO4)cc(OC)c1O. The molecule has 2 aromatic carbocycles. The number of carbonyl (C=O) groups excluding carboxylic acids is 2. The minimum atomic E-state index is -0.598. The first-order valence-corrected chi connectivity index (χ1v) is 11.7. The van der Waals surface area contributed by atoms with Gasteiger partial charge in [-0.1, -0.05) is 0 Å². The predicted octanol–water partition coefficient (Wildman–Crippen LogP) is 0.778. The number of cyclic esters (lactones) is 1. The molecule has 0 aromatic heterocycles. The van der Waals surface area contributed by atoms with Crippen molar-refractivity contribution < 1.29 is 38.4 Å². The van der Waals surface area contributed by atoms with Crippen LogP contribution in [0.4, 0.5) is 0 Å². The lowest BCUT2D eigenvalue weighted by Crippen LogP contribution is -2.45. The lowest BCUT2D eigenvalue weighted by molar-refractivity contribution is -0.141. The maximum absolute atomic E-state index is 13.1. The van der Waals surface area contributed by atoms with Gasteiger partial charge < -0.3 is 45.2 Å². The third-order valence-electron chi connectivity index (χ3n) is 6.97. The van der Waals surface area contributed by atoms with Crippen molar-refractivity contribution in [1.82, 2.24) is 10.6 Å². The molecule has 1 fully saturated rings. The second-order valence-corrected chi connectivity index (χ2v) is 8.92. The number of benzene rings is 2. The zero-order valence-corrected chi connectivity index (χ0v) is 20.0. The molecule has 5 N–H and O–H groups in total. The fraction of sp³-hybridized carbons (Fsp3) is 0.440. The Morgan fingerprint density at radius 1 is 1.08 bits per heavy atom. The summed E-state index contributed by atoms with van der Waals surface area (Å²) in [7, 11) is 2.89. The molecule has 5 rings (SSSR count). The molecular weight excluding hydrogens is 470 g/mol. The zero-order valence-electron chi connectivity index (χ0n) is 20.0. The molecule has 0 bridgehead atoms. The van der Waals surface area contributed by atoms with Gasteiger partial charge in [-0.3, -0.25) is 9.59 Å². The molecule has 0 saturated carbocycles. The van der Waals surface area contributed by atoms with Crippen LogP contribution in [0.2, 0.25) is 0 Å². The molecule has 36 heavy (non-hydrogen) atoms. The molecule has 11 heteroatoms. The topological polar surface area (TPSA) is 151 Å². The molecule has 1 saturated heterocycles. The van der Waals surface area contributed by atoms with Crippen LogP contribution in [0.15, 0.2) is 24.3 Å². The predicted molar refractivity (Wildman–Crippen MR) is 126 cm³/mol. The van der Waals surface area contributed by atoms with Crippen LogP contribution in [0.5, 0.6) is 28.7 Å². The number of phenolic OH excluding ortho intramolecular Hbond substituents is 1. The van der Waals surface area contributed by atoms with Gasteiger partial charge in [-0.25, -0.2) is 0 Å². The molecular formula is C25H29N3O8. The summed E-state index contributed by atoms with van der Waals surface area (Å²) in [6, 6.07) is 6.60. The van der Waals surface area contributed by atoms with Crippen LogP contribution >= 0.6 is 0 Å². The molecule has 2 heterocycles. The molecule has 11 nitrogen and oxygen atoms in total. The van der Waals surface area contributed by atoms with Crippen LogP contribution in [0, 0.1) is 11.8 Å². The first-order chi connectivity index (χ1) is 17.5. The van der Waals surface area contributed by atoms with E-state index in [9.17, 15) is 14.7 Å². The highest BCUT2D eigenvalue weighted by Gasteiger charge is 2.53. The largest absolute Gasteiger partial charge is 0.502 e. The number of hydrogen-bond acceptors (Lipinski definition) is 10. The molecule has 0 spiro atoms. The van der Waals surface area contributed by atoms with E-state index in [2.05, 4.69) is 10.6 Å². The van der Waals surface area contributed by atoms with E-state index < -0.39 is 17.9 Å². The monoisotopic (exact) mass is 499 g/mol. The average molecular weight is 500 g/mol. The van der Waals surface area contributed by atoms with Crippen molar-refractivity contribution in [3.05, 3.63) is 41.0 Å². The van der Waals surface area contributed by atoms with E-state index in [1.807, 2.05) is 12.1 Å². The Labute approximate surface area is 207 Å². The second-order valence-electron chi connectivity index (χ2n) is 8.92. The highest BCUT2D eigenvalue weighted by Crippen LogP contribution is 2.55. The Morgan fingerprint density at radius 2 is 1.75 bits per heavy atom. The smallest absolute Gasteiger partial charge is 0.310 e. The zero-order chi connectivity index (χ0) is 25.4. The Hall–Kier alpha value is -3.70. The molecule has 1 aliphatic carbocycles. The summed E-state index contributed by atoms with van der Waals surface area (Å²) >= 11 is 0. The van der Waals surface area contributed by atoms with E-state index in [4.69, 9.17) is 29.4 Å². The standard InChI is InChI=1S/C25H29N3O8/c1-32-18-5-12(6-19(33-2)24(18)30)21-13-7-16-17(36-11-35-16)8-14(13)23(15-10-34-25(31)22(15)21)28-20(29)9-27-4-3-26/h5-8,15,21-23,27,30H,3-4,9-11,26H2,1-2H3,(H,28,29). The van der Waals surface area contributed by atoms with Gasteiger partial charge in [-0.15, -0.1) is 0 Å². The summed E-state index contributed by atoms with van der Waals surface area (Å²) in [6.07, 6.45) is 0. The fourth-order valence-corrected chi connectivity index (χ4v) is 5.37. The summed E-state index contributed by atoms with van der Waals surface area (Å²) in [5.74, 6) is -0.562. The number of rotatable bonds is 8. The van der Waals surface area contributed by atoms with Crippen LogP contribution in [0.3, 0.4) is 0 Å². The van der Waals surface area contributed by atoms with Crippen molar-refractivity contribution in [2.45, 2.75) is 12.0 Å². The number of phenols is 1. The van der Waals surface area contributed by atoms with E-state index >= 15 is 0 Å². The quantitative estimate of drug-likeness (QED) is 0.303. The molecule has 2 aromatic rings. The number of fused-ring (bicyclic) bond motifs is 3. The van der Waals surface area contributed by atoms with E-state index in [1.54, 1.807) is 12.1 Å². The van der Waals surface area contributed by atoms with Gasteiger partial charge in [-0.05, 0) is 41.0 Å². The van der Waals surface area contributed by atoms with Crippen molar-refractivity contribution >= 4 is 11.9 Å². The van der Waals surface area contributed by atoms with Crippen LogP contribution in [-0.4, -0.2) is 64.2 Å². The van der Waals surface area contributed by atoms with Crippen LogP contribution in [0.1, 0.15) is 28.7 Å². The second kappa shape index (κ2) is 9.75. The number of aromatic hydroxyl groups is 1. The summed E-state index contributed by atoms with van der Waals surface area (Å²) in [6.45, 7) is 1.25. The highest BCUT2D eigenvalue weighted by atomic mass is 16.7. The number of hydrogen-bond donors (Lipinski definition) is 4. The number of amides is 1. The van der Waals surface area contributed by atoms with Gasteiger partial charge in [-0.2, -0.15) is 0 Å². The summed E-state index contributed by atoms with van der Waals surface area (Å²) in [4.78, 5) is 25.9. The van der Waals surface area contributed by atoms with Gasteiger partial charge in [0.2, 0.25) is 18.4 Å². The maximum atomic E-state index is 13.1. The van der Waals surface area contributed by atoms with E-state index in [0.717, 1.165) is 11.1 Å².